The number of piperidine rings is 1. The van der Waals surface area contributed by atoms with E-state index in [1.165, 1.54) is 0 Å². The summed E-state index contributed by atoms with van der Waals surface area (Å²) in [5.74, 6) is 0.326. The van der Waals surface area contributed by atoms with Crippen LogP contribution in [0.25, 0.3) is 0 Å². The van der Waals surface area contributed by atoms with Gasteiger partial charge in [0.25, 0.3) is 0 Å². The molecule has 0 aromatic carbocycles. The van der Waals surface area contributed by atoms with Gasteiger partial charge in [-0.15, -0.1) is 24.0 Å². The third-order valence-corrected chi connectivity index (χ3v) is 3.53. The second-order valence-corrected chi connectivity index (χ2v) is 5.29. The lowest BCUT2D eigenvalue weighted by atomic mass is 9.98. The average molecular weight is 440 g/mol. The fourth-order valence-corrected chi connectivity index (χ4v) is 2.44. The average Bonchev–Trinajstić information content (AvgIpc) is 2.54. The van der Waals surface area contributed by atoms with E-state index in [9.17, 15) is 9.59 Å². The Morgan fingerprint density at radius 1 is 1.30 bits per heavy atom. The number of hydrogen-bond donors (Lipinski definition) is 2. The van der Waals surface area contributed by atoms with Crippen LogP contribution in [0.3, 0.4) is 0 Å². The minimum Gasteiger partial charge on any atom is -0.466 e. The van der Waals surface area contributed by atoms with Crippen molar-refractivity contribution in [1.82, 2.24) is 15.5 Å². The van der Waals surface area contributed by atoms with Crippen molar-refractivity contribution < 1.29 is 14.3 Å². The van der Waals surface area contributed by atoms with Gasteiger partial charge in [-0.25, -0.2) is 0 Å². The first-order valence-corrected chi connectivity index (χ1v) is 8.01. The Morgan fingerprint density at radius 3 is 2.65 bits per heavy atom. The van der Waals surface area contributed by atoms with Crippen LogP contribution in [-0.4, -0.2) is 62.6 Å². The van der Waals surface area contributed by atoms with Crippen LogP contribution in [-0.2, 0) is 14.3 Å². The summed E-state index contributed by atoms with van der Waals surface area (Å²) in [5.41, 5.74) is 0. The van der Waals surface area contributed by atoms with Gasteiger partial charge < -0.3 is 20.3 Å². The van der Waals surface area contributed by atoms with Gasteiger partial charge >= 0.3 is 5.97 Å². The van der Waals surface area contributed by atoms with E-state index in [2.05, 4.69) is 15.6 Å². The second-order valence-electron chi connectivity index (χ2n) is 5.29. The molecule has 1 atom stereocenters. The van der Waals surface area contributed by atoms with Gasteiger partial charge in [0.2, 0.25) is 5.91 Å². The van der Waals surface area contributed by atoms with Crippen LogP contribution in [0, 0.1) is 5.92 Å². The summed E-state index contributed by atoms with van der Waals surface area (Å²) in [6.45, 7) is 6.49. The number of halogens is 1. The molecule has 1 fully saturated rings. The third-order valence-electron chi connectivity index (χ3n) is 3.53. The van der Waals surface area contributed by atoms with Crippen molar-refractivity contribution in [3.63, 3.8) is 0 Å². The Labute approximate surface area is 155 Å². The lowest BCUT2D eigenvalue weighted by Gasteiger charge is -2.33. The predicted molar refractivity (Wildman–Crippen MR) is 101 cm³/mol. The molecule has 0 saturated carbocycles. The normalized spacial score (nSPS) is 18.0. The first-order chi connectivity index (χ1) is 10.6. The van der Waals surface area contributed by atoms with E-state index in [0.29, 0.717) is 25.7 Å². The van der Waals surface area contributed by atoms with Gasteiger partial charge in [-0.1, -0.05) is 6.92 Å². The number of carbonyl (C=O) groups excluding carboxylic acids is 2. The highest BCUT2D eigenvalue weighted by Gasteiger charge is 2.28. The molecule has 0 aromatic rings. The Hall–Kier alpha value is -1.06. The molecule has 8 heteroatoms. The molecule has 2 N–H and O–H groups in total. The summed E-state index contributed by atoms with van der Waals surface area (Å²) in [7, 11) is 1.68. The summed E-state index contributed by atoms with van der Waals surface area (Å²) < 4.78 is 5.10. The Kier molecular flexibility index (Phi) is 11.8. The second kappa shape index (κ2) is 12.4. The van der Waals surface area contributed by atoms with Crippen LogP contribution >= 0.6 is 24.0 Å². The number of amides is 1. The van der Waals surface area contributed by atoms with E-state index in [1.54, 1.807) is 7.05 Å². The van der Waals surface area contributed by atoms with E-state index < -0.39 is 0 Å². The van der Waals surface area contributed by atoms with Crippen molar-refractivity contribution >= 4 is 41.8 Å². The smallest absolute Gasteiger partial charge is 0.310 e. The number of guanidine groups is 1. The number of nitrogens with zero attached hydrogens (tertiary/aromatic N) is 2. The zero-order valence-corrected chi connectivity index (χ0v) is 16.6. The maximum atomic E-state index is 11.9. The van der Waals surface area contributed by atoms with Crippen LogP contribution in [0.4, 0.5) is 0 Å². The van der Waals surface area contributed by atoms with Crippen LogP contribution in [0.1, 0.15) is 33.1 Å². The third kappa shape index (κ3) is 7.85. The summed E-state index contributed by atoms with van der Waals surface area (Å²) in [6.07, 6.45) is 2.66. The molecule has 0 aromatic heterocycles. The van der Waals surface area contributed by atoms with Crippen molar-refractivity contribution in [1.29, 1.82) is 0 Å². The van der Waals surface area contributed by atoms with Gasteiger partial charge in [0, 0.05) is 26.7 Å². The van der Waals surface area contributed by atoms with Crippen LogP contribution in [0.2, 0.25) is 0 Å². The quantitative estimate of drug-likeness (QED) is 0.279. The van der Waals surface area contributed by atoms with Gasteiger partial charge in [-0.2, -0.15) is 0 Å². The van der Waals surface area contributed by atoms with E-state index >= 15 is 0 Å². The molecule has 1 unspecified atom stereocenters. The number of esters is 1. The minimum atomic E-state index is -0.150. The van der Waals surface area contributed by atoms with Crippen molar-refractivity contribution in [2.24, 2.45) is 10.9 Å². The van der Waals surface area contributed by atoms with Crippen molar-refractivity contribution in [3.05, 3.63) is 0 Å². The molecular formula is C15H29IN4O3. The summed E-state index contributed by atoms with van der Waals surface area (Å²) in [5, 5.41) is 5.86. The Balaban J connectivity index is 0.00000484. The first-order valence-electron chi connectivity index (χ1n) is 8.01. The molecule has 0 bridgehead atoms. The fourth-order valence-electron chi connectivity index (χ4n) is 2.44. The molecule has 1 aliphatic heterocycles. The van der Waals surface area contributed by atoms with Gasteiger partial charge in [0.15, 0.2) is 5.96 Å². The van der Waals surface area contributed by atoms with Crippen LogP contribution in [0.15, 0.2) is 4.99 Å². The maximum Gasteiger partial charge on any atom is 0.310 e. The fraction of sp³-hybridized carbons (Fsp3) is 0.800. The molecule has 1 amide bonds. The molecule has 0 aliphatic carbocycles. The van der Waals surface area contributed by atoms with Gasteiger partial charge in [0.1, 0.15) is 0 Å². The van der Waals surface area contributed by atoms with Crippen LogP contribution < -0.4 is 10.6 Å². The monoisotopic (exact) mass is 440 g/mol. The number of likely N-dealkylation sites (tertiary alicyclic amines) is 1. The zero-order valence-electron chi connectivity index (χ0n) is 14.3. The van der Waals surface area contributed by atoms with Gasteiger partial charge in [-0.3, -0.25) is 14.6 Å². The van der Waals surface area contributed by atoms with Crippen molar-refractivity contribution in [2.45, 2.75) is 33.1 Å². The molecule has 1 heterocycles. The highest BCUT2D eigenvalue weighted by Crippen LogP contribution is 2.17. The van der Waals surface area contributed by atoms with E-state index in [4.69, 9.17) is 4.74 Å². The van der Waals surface area contributed by atoms with Crippen LogP contribution in [0.5, 0.6) is 0 Å². The molecule has 1 aliphatic rings. The molecule has 0 radical (unpaired) electrons. The molecule has 134 valence electrons. The van der Waals surface area contributed by atoms with E-state index in [1.807, 2.05) is 18.7 Å². The SMILES string of the molecule is CCCNC(=O)CNC(=NC)N1CCCC(C(=O)OCC)C1.I. The number of carbonyl (C=O) groups is 2. The highest BCUT2D eigenvalue weighted by molar-refractivity contribution is 14.0. The van der Waals surface area contributed by atoms with E-state index in [0.717, 1.165) is 25.8 Å². The lowest BCUT2D eigenvalue weighted by Crippen LogP contribution is -2.50. The molecule has 7 nitrogen and oxygen atoms in total. The highest BCUT2D eigenvalue weighted by atomic mass is 127. The Morgan fingerprint density at radius 2 is 2.04 bits per heavy atom. The number of aliphatic imine (C=N–C) groups is 1. The molecule has 1 rings (SSSR count). The number of nitrogens with one attached hydrogen (secondary N) is 2. The standard InChI is InChI=1S/C15H28N4O3.HI/c1-4-8-17-13(20)10-18-15(16-3)19-9-6-7-12(11-19)14(21)22-5-2;/h12H,4-11H2,1-3H3,(H,16,18)(H,17,20);1H. The first kappa shape index (κ1) is 21.9. The van der Waals surface area contributed by atoms with E-state index in [-0.39, 0.29) is 48.3 Å². The van der Waals surface area contributed by atoms with Crippen molar-refractivity contribution in [3.8, 4) is 0 Å². The largest absolute Gasteiger partial charge is 0.466 e. The molecule has 23 heavy (non-hydrogen) atoms. The summed E-state index contributed by atoms with van der Waals surface area (Å²) in [4.78, 5) is 29.7. The van der Waals surface area contributed by atoms with Crippen molar-refractivity contribution in [2.75, 3.05) is 39.8 Å². The summed E-state index contributed by atoms with van der Waals surface area (Å²) in [6, 6.07) is 0. The van der Waals surface area contributed by atoms with Gasteiger partial charge in [0.05, 0.1) is 19.1 Å². The maximum absolute atomic E-state index is 11.9. The number of rotatable bonds is 6. The summed E-state index contributed by atoms with van der Waals surface area (Å²) >= 11 is 0. The molecular weight excluding hydrogens is 411 g/mol. The lowest BCUT2D eigenvalue weighted by molar-refractivity contribution is -0.149. The predicted octanol–water partition coefficient (Wildman–Crippen LogP) is 0.981. The zero-order chi connectivity index (χ0) is 16.4. The Bertz CT molecular complexity index is 404. The minimum absolute atomic E-state index is 0. The van der Waals surface area contributed by atoms with Gasteiger partial charge in [-0.05, 0) is 26.2 Å². The molecule has 0 spiro atoms. The molecule has 1 saturated heterocycles. The topological polar surface area (TPSA) is 83.0 Å². The number of hydrogen-bond acceptors (Lipinski definition) is 4. The number of ether oxygens (including phenoxy) is 1.